The van der Waals surface area contributed by atoms with E-state index in [4.69, 9.17) is 0 Å². The number of hydrogen-bond acceptors (Lipinski definition) is 1. The van der Waals surface area contributed by atoms with Crippen molar-refractivity contribution in [3.63, 3.8) is 0 Å². The second-order valence-electron chi connectivity index (χ2n) is 1.57. The molecule has 0 bridgehead atoms. The van der Waals surface area contributed by atoms with Gasteiger partial charge in [-0.2, -0.15) is 17.6 Å². The zero-order valence-corrected chi connectivity index (χ0v) is 4.54. The van der Waals surface area contributed by atoms with Gasteiger partial charge in [0.1, 0.15) is 0 Å². The van der Waals surface area contributed by atoms with Crippen LogP contribution in [0.4, 0.5) is 17.6 Å². The second kappa shape index (κ2) is 1.96. The number of aromatic amines is 1. The van der Waals surface area contributed by atoms with Crippen LogP contribution in [0.2, 0.25) is 0 Å². The van der Waals surface area contributed by atoms with E-state index in [9.17, 15) is 17.6 Å². The Bertz CT molecular complexity index is 225. The van der Waals surface area contributed by atoms with E-state index in [1.807, 2.05) is 0 Å². The molecular weight excluding hydrogens is 152 g/mol. The second-order valence-corrected chi connectivity index (χ2v) is 1.57. The van der Waals surface area contributed by atoms with Crippen LogP contribution < -0.4 is 0 Å². The first kappa shape index (κ1) is 7.04. The van der Waals surface area contributed by atoms with Crippen LogP contribution in [0, 0.1) is 5.95 Å². The van der Waals surface area contributed by atoms with E-state index >= 15 is 0 Å². The lowest BCUT2D eigenvalue weighted by molar-refractivity contribution is -0.143. The lowest BCUT2D eigenvalue weighted by Gasteiger charge is -2.00. The van der Waals surface area contributed by atoms with Gasteiger partial charge in [0.05, 0.1) is 6.33 Å². The van der Waals surface area contributed by atoms with E-state index in [1.54, 1.807) is 4.98 Å². The van der Waals surface area contributed by atoms with Crippen LogP contribution >= 0.6 is 0 Å². The molecule has 0 saturated carbocycles. The molecule has 0 aromatic carbocycles. The molecular formula is C4H2F4N2. The summed E-state index contributed by atoms with van der Waals surface area (Å²) in [5.74, 6) is -1.52. The summed E-state index contributed by atoms with van der Waals surface area (Å²) in [6.45, 7) is 0. The number of aromatic nitrogens is 2. The van der Waals surface area contributed by atoms with Gasteiger partial charge in [-0.25, -0.2) is 4.98 Å². The summed E-state index contributed by atoms with van der Waals surface area (Å²) < 4.78 is 46.7. The Morgan fingerprint density at radius 3 is 2.20 bits per heavy atom. The van der Waals surface area contributed by atoms with Crippen LogP contribution in [0.5, 0.6) is 0 Å². The third kappa shape index (κ3) is 1.09. The molecule has 0 atom stereocenters. The summed E-state index contributed by atoms with van der Waals surface area (Å²) in [5.41, 5.74) is -1.44. The zero-order chi connectivity index (χ0) is 7.78. The highest BCUT2D eigenvalue weighted by atomic mass is 19.4. The van der Waals surface area contributed by atoms with Gasteiger partial charge in [0.15, 0.2) is 5.69 Å². The molecule has 0 amide bonds. The van der Waals surface area contributed by atoms with Gasteiger partial charge >= 0.3 is 6.18 Å². The molecule has 1 heterocycles. The molecule has 0 aliphatic rings. The molecule has 0 spiro atoms. The van der Waals surface area contributed by atoms with Crippen LogP contribution in [0.15, 0.2) is 6.33 Å². The van der Waals surface area contributed by atoms with Crippen molar-refractivity contribution in [2.24, 2.45) is 0 Å². The minimum atomic E-state index is -4.68. The van der Waals surface area contributed by atoms with Gasteiger partial charge in [-0.05, 0) is 0 Å². The molecule has 0 unspecified atom stereocenters. The monoisotopic (exact) mass is 154 g/mol. The lowest BCUT2D eigenvalue weighted by Crippen LogP contribution is -2.07. The summed E-state index contributed by atoms with van der Waals surface area (Å²) in [7, 11) is 0. The van der Waals surface area contributed by atoms with Gasteiger partial charge in [0.25, 0.3) is 0 Å². The van der Waals surface area contributed by atoms with E-state index < -0.39 is 17.8 Å². The number of rotatable bonds is 0. The highest BCUT2D eigenvalue weighted by Crippen LogP contribution is 2.28. The van der Waals surface area contributed by atoms with Crippen LogP contribution in [0.25, 0.3) is 0 Å². The number of imidazole rings is 1. The summed E-state index contributed by atoms with van der Waals surface area (Å²) in [4.78, 5) is 4.38. The Labute approximate surface area is 52.9 Å². The molecule has 2 nitrogen and oxygen atoms in total. The number of halogens is 4. The van der Waals surface area contributed by atoms with Gasteiger partial charge in [-0.3, -0.25) is 0 Å². The average molecular weight is 154 g/mol. The Kier molecular flexibility index (Phi) is 1.38. The Morgan fingerprint density at radius 1 is 1.40 bits per heavy atom. The summed E-state index contributed by atoms with van der Waals surface area (Å²) in [6.07, 6.45) is -4.03. The summed E-state index contributed by atoms with van der Waals surface area (Å²) >= 11 is 0. The quantitative estimate of drug-likeness (QED) is 0.564. The van der Waals surface area contributed by atoms with E-state index in [2.05, 4.69) is 4.98 Å². The normalized spacial score (nSPS) is 12.0. The van der Waals surface area contributed by atoms with Crippen LogP contribution in [-0.4, -0.2) is 9.97 Å². The molecule has 56 valence electrons. The van der Waals surface area contributed by atoms with Crippen molar-refractivity contribution in [2.75, 3.05) is 0 Å². The molecule has 0 aliphatic carbocycles. The fourth-order valence-corrected chi connectivity index (χ4v) is 0.476. The standard InChI is InChI=1S/C4H2F4N2/c5-3-2(4(6,7)8)9-1-10-3/h1H,(H,9,10). The van der Waals surface area contributed by atoms with Crippen molar-refractivity contribution in [3.8, 4) is 0 Å². The predicted molar refractivity (Wildman–Crippen MR) is 23.5 cm³/mol. The predicted octanol–water partition coefficient (Wildman–Crippen LogP) is 1.57. The molecule has 0 aliphatic heterocycles. The zero-order valence-electron chi connectivity index (χ0n) is 4.54. The SMILES string of the molecule is Fc1nc[nH]c1C(F)(F)F. The van der Waals surface area contributed by atoms with Crippen molar-refractivity contribution in [2.45, 2.75) is 6.18 Å². The van der Waals surface area contributed by atoms with E-state index in [-0.39, 0.29) is 0 Å². The third-order valence-corrected chi connectivity index (χ3v) is 0.877. The van der Waals surface area contributed by atoms with Crippen molar-refractivity contribution in [3.05, 3.63) is 18.0 Å². The van der Waals surface area contributed by atoms with E-state index in [1.165, 1.54) is 0 Å². The maximum absolute atomic E-state index is 12.0. The largest absolute Gasteiger partial charge is 0.435 e. The molecule has 0 saturated heterocycles. The maximum Gasteiger partial charge on any atom is 0.435 e. The topological polar surface area (TPSA) is 28.7 Å². The van der Waals surface area contributed by atoms with E-state index in [0.29, 0.717) is 6.33 Å². The van der Waals surface area contributed by atoms with Crippen LogP contribution in [0.1, 0.15) is 5.69 Å². The number of H-pyrrole nitrogens is 1. The first-order chi connectivity index (χ1) is 4.52. The van der Waals surface area contributed by atoms with Crippen LogP contribution in [0.3, 0.4) is 0 Å². The van der Waals surface area contributed by atoms with Gasteiger partial charge in [-0.15, -0.1) is 0 Å². The van der Waals surface area contributed by atoms with E-state index in [0.717, 1.165) is 0 Å². The molecule has 0 radical (unpaired) electrons. The summed E-state index contributed by atoms with van der Waals surface area (Å²) in [6, 6.07) is 0. The van der Waals surface area contributed by atoms with Gasteiger partial charge in [-0.1, -0.05) is 0 Å². The number of hydrogen-bond donors (Lipinski definition) is 1. The third-order valence-electron chi connectivity index (χ3n) is 0.877. The first-order valence-corrected chi connectivity index (χ1v) is 2.28. The van der Waals surface area contributed by atoms with Gasteiger partial charge in [0.2, 0.25) is 5.95 Å². The first-order valence-electron chi connectivity index (χ1n) is 2.28. The minimum absolute atomic E-state index is 0.651. The van der Waals surface area contributed by atoms with Gasteiger partial charge < -0.3 is 4.98 Å². The molecule has 1 aromatic rings. The fourth-order valence-electron chi connectivity index (χ4n) is 0.476. The van der Waals surface area contributed by atoms with Crippen molar-refractivity contribution < 1.29 is 17.6 Å². The highest BCUT2D eigenvalue weighted by Gasteiger charge is 2.36. The molecule has 6 heteroatoms. The Balaban J connectivity index is 3.05. The lowest BCUT2D eigenvalue weighted by atomic mass is 10.5. The molecule has 1 rings (SSSR count). The van der Waals surface area contributed by atoms with Gasteiger partial charge in [0, 0.05) is 0 Å². The highest BCUT2D eigenvalue weighted by molar-refractivity contribution is 5.01. The molecule has 0 fully saturated rings. The average Bonchev–Trinajstić information content (AvgIpc) is 2.11. The fraction of sp³-hybridized carbons (Fsp3) is 0.250. The number of alkyl halides is 3. The molecule has 10 heavy (non-hydrogen) atoms. The molecule has 1 N–H and O–H groups in total. The van der Waals surface area contributed by atoms with Crippen LogP contribution in [-0.2, 0) is 6.18 Å². The molecule has 1 aromatic heterocycles. The Hall–Kier alpha value is -1.07. The number of nitrogens with zero attached hydrogens (tertiary/aromatic N) is 1. The number of nitrogens with one attached hydrogen (secondary N) is 1. The van der Waals surface area contributed by atoms with Crippen molar-refractivity contribution >= 4 is 0 Å². The maximum atomic E-state index is 12.0. The minimum Gasteiger partial charge on any atom is -0.338 e. The smallest absolute Gasteiger partial charge is 0.338 e. The van der Waals surface area contributed by atoms with Crippen molar-refractivity contribution in [1.29, 1.82) is 0 Å². The summed E-state index contributed by atoms with van der Waals surface area (Å²) in [5, 5.41) is 0. The van der Waals surface area contributed by atoms with Crippen molar-refractivity contribution in [1.82, 2.24) is 9.97 Å². The Morgan fingerprint density at radius 2 is 2.00 bits per heavy atom.